The van der Waals surface area contributed by atoms with Crippen molar-refractivity contribution in [1.29, 1.82) is 0 Å². The fourth-order valence-corrected chi connectivity index (χ4v) is 7.42. The number of nitrogens with zero attached hydrogens (tertiary/aromatic N) is 3. The van der Waals surface area contributed by atoms with Gasteiger partial charge in [0.1, 0.15) is 5.60 Å². The molecule has 1 saturated heterocycles. The highest BCUT2D eigenvalue weighted by Crippen LogP contribution is 2.43. The molecule has 2 atom stereocenters. The molecule has 218 valence electrons. The first-order valence-corrected chi connectivity index (χ1v) is 15.3. The number of pyridine rings is 1. The van der Waals surface area contributed by atoms with Crippen molar-refractivity contribution in [2.75, 3.05) is 0 Å². The van der Waals surface area contributed by atoms with Gasteiger partial charge in [-0.15, -0.1) is 0 Å². The molecule has 0 radical (unpaired) electrons. The Morgan fingerprint density at radius 3 is 2.45 bits per heavy atom. The minimum Gasteiger partial charge on any atom is -0.444 e. The Labute approximate surface area is 243 Å². The van der Waals surface area contributed by atoms with Crippen LogP contribution in [0, 0.1) is 18.6 Å². The molecule has 2 bridgehead atoms. The molecule has 1 amide bonds. The van der Waals surface area contributed by atoms with Crippen molar-refractivity contribution >= 4 is 32.7 Å². The SMILES string of the molecule is Cc1ccc(S(=O)(=O)n2c(C3=CC4CCC(C3)N4C(=O)OC(C)(C)C)cc3c(-c4cccc(F)c4F)ccnc32)cc1. The van der Waals surface area contributed by atoms with Crippen LogP contribution in [-0.4, -0.2) is 46.1 Å². The molecule has 0 spiro atoms. The van der Waals surface area contributed by atoms with Gasteiger partial charge in [0.25, 0.3) is 10.0 Å². The molecule has 42 heavy (non-hydrogen) atoms. The number of aryl methyl sites for hydroxylation is 1. The molecule has 1 fully saturated rings. The topological polar surface area (TPSA) is 81.5 Å². The number of carbonyl (C=O) groups excluding carboxylic acids is 1. The molecule has 4 heterocycles. The molecule has 2 aromatic carbocycles. The molecule has 2 aromatic heterocycles. The van der Waals surface area contributed by atoms with Crippen LogP contribution in [0.5, 0.6) is 0 Å². The van der Waals surface area contributed by atoms with E-state index in [0.717, 1.165) is 30.0 Å². The fraction of sp³-hybridized carbons (Fsp3) is 0.312. The number of aromatic nitrogens is 2. The lowest BCUT2D eigenvalue weighted by molar-refractivity contribution is 0.0175. The van der Waals surface area contributed by atoms with Crippen LogP contribution in [0.1, 0.15) is 51.3 Å². The zero-order valence-electron chi connectivity index (χ0n) is 23.8. The van der Waals surface area contributed by atoms with Gasteiger partial charge in [0.15, 0.2) is 17.3 Å². The maximum Gasteiger partial charge on any atom is 0.411 e. The Balaban J connectivity index is 1.56. The first kappa shape index (κ1) is 28.1. The molecular formula is C32H31F2N3O4S. The summed E-state index contributed by atoms with van der Waals surface area (Å²) < 4.78 is 64.5. The van der Waals surface area contributed by atoms with Crippen LogP contribution in [0.2, 0.25) is 0 Å². The Morgan fingerprint density at radius 1 is 1.02 bits per heavy atom. The highest BCUT2D eigenvalue weighted by atomic mass is 32.2. The van der Waals surface area contributed by atoms with Crippen LogP contribution >= 0.6 is 0 Å². The molecule has 0 saturated carbocycles. The van der Waals surface area contributed by atoms with E-state index < -0.39 is 33.4 Å². The molecular weight excluding hydrogens is 560 g/mol. The van der Waals surface area contributed by atoms with Crippen molar-refractivity contribution in [3.05, 3.63) is 89.8 Å². The number of hydrogen-bond donors (Lipinski definition) is 0. The summed E-state index contributed by atoms with van der Waals surface area (Å²) in [6.07, 6.45) is 4.78. The van der Waals surface area contributed by atoms with Gasteiger partial charge in [-0.25, -0.2) is 30.9 Å². The first-order chi connectivity index (χ1) is 19.8. The summed E-state index contributed by atoms with van der Waals surface area (Å²) in [6.45, 7) is 7.32. The van der Waals surface area contributed by atoms with Crippen molar-refractivity contribution < 1.29 is 26.7 Å². The zero-order valence-corrected chi connectivity index (χ0v) is 24.6. The quantitative estimate of drug-likeness (QED) is 0.253. The largest absolute Gasteiger partial charge is 0.444 e. The summed E-state index contributed by atoms with van der Waals surface area (Å²) in [5.74, 6) is -2.03. The third kappa shape index (κ3) is 4.77. The normalized spacial score (nSPS) is 18.8. The van der Waals surface area contributed by atoms with Gasteiger partial charge < -0.3 is 4.74 Å². The number of carbonyl (C=O) groups is 1. The van der Waals surface area contributed by atoms with Gasteiger partial charge in [0.05, 0.1) is 16.6 Å². The second-order valence-electron chi connectivity index (χ2n) is 11.9. The molecule has 10 heteroatoms. The van der Waals surface area contributed by atoms with Crippen molar-refractivity contribution in [1.82, 2.24) is 13.9 Å². The van der Waals surface area contributed by atoms with Crippen molar-refractivity contribution in [3.63, 3.8) is 0 Å². The van der Waals surface area contributed by atoms with Gasteiger partial charge in [-0.05, 0) is 88.4 Å². The number of ether oxygens (including phenoxy) is 1. The molecule has 4 aromatic rings. The van der Waals surface area contributed by atoms with E-state index in [0.29, 0.717) is 23.1 Å². The van der Waals surface area contributed by atoms with Crippen molar-refractivity contribution in [2.24, 2.45) is 0 Å². The molecule has 0 aliphatic carbocycles. The fourth-order valence-electron chi connectivity index (χ4n) is 5.92. The molecule has 0 N–H and O–H groups in total. The number of amides is 1. The highest BCUT2D eigenvalue weighted by molar-refractivity contribution is 7.90. The summed E-state index contributed by atoms with van der Waals surface area (Å²) in [4.78, 5) is 19.3. The molecule has 2 unspecified atom stereocenters. The number of hydrogen-bond acceptors (Lipinski definition) is 5. The maximum absolute atomic E-state index is 15.0. The van der Waals surface area contributed by atoms with Crippen LogP contribution < -0.4 is 0 Å². The van der Waals surface area contributed by atoms with Gasteiger partial charge in [-0.1, -0.05) is 35.9 Å². The van der Waals surface area contributed by atoms with E-state index >= 15 is 0 Å². The second kappa shape index (κ2) is 10.0. The van der Waals surface area contributed by atoms with Crippen LogP contribution in [-0.2, 0) is 14.8 Å². The Bertz CT molecular complexity index is 1860. The van der Waals surface area contributed by atoms with E-state index in [9.17, 15) is 22.0 Å². The molecule has 2 aliphatic rings. The van der Waals surface area contributed by atoms with Crippen LogP contribution in [0.25, 0.3) is 27.7 Å². The number of fused-ring (bicyclic) bond motifs is 3. The Hall–Kier alpha value is -4.05. The van der Waals surface area contributed by atoms with Crippen molar-refractivity contribution in [3.8, 4) is 11.1 Å². The first-order valence-electron chi connectivity index (χ1n) is 13.8. The van der Waals surface area contributed by atoms with Gasteiger partial charge in [-0.2, -0.15) is 0 Å². The van der Waals surface area contributed by atoms with E-state index in [2.05, 4.69) is 4.98 Å². The number of halogens is 2. The third-order valence-electron chi connectivity index (χ3n) is 7.79. The predicted octanol–water partition coefficient (Wildman–Crippen LogP) is 7.08. The average molecular weight is 592 g/mol. The monoisotopic (exact) mass is 591 g/mol. The molecule has 6 rings (SSSR count). The predicted molar refractivity (Wildman–Crippen MR) is 156 cm³/mol. The summed E-state index contributed by atoms with van der Waals surface area (Å²) in [5.41, 5.74) is 1.81. The third-order valence-corrected chi connectivity index (χ3v) is 9.51. The minimum absolute atomic E-state index is 0.00706. The smallest absolute Gasteiger partial charge is 0.411 e. The number of rotatable bonds is 4. The second-order valence-corrected chi connectivity index (χ2v) is 13.7. The van der Waals surface area contributed by atoms with Gasteiger partial charge in [-0.3, -0.25) is 4.90 Å². The van der Waals surface area contributed by atoms with E-state index in [-0.39, 0.29) is 28.2 Å². The van der Waals surface area contributed by atoms with E-state index in [4.69, 9.17) is 4.74 Å². The summed E-state index contributed by atoms with van der Waals surface area (Å²) >= 11 is 0. The number of benzene rings is 2. The van der Waals surface area contributed by atoms with Gasteiger partial charge >= 0.3 is 6.09 Å². The highest BCUT2D eigenvalue weighted by Gasteiger charge is 2.43. The van der Waals surface area contributed by atoms with Crippen LogP contribution in [0.4, 0.5) is 13.6 Å². The lowest BCUT2D eigenvalue weighted by Gasteiger charge is -2.35. The lowest BCUT2D eigenvalue weighted by Crippen LogP contribution is -2.45. The van der Waals surface area contributed by atoms with E-state index in [1.165, 1.54) is 22.3 Å². The standard InChI is InChI=1S/C32H31F2N3O4S/c1-19-8-12-23(13-9-19)42(39,40)37-28(20-16-21-10-11-22(17-20)36(21)31(38)41-32(2,3)4)18-26-24(14-15-35-30(26)37)25-6-5-7-27(33)29(25)34/h5-9,12-16,18,21-22H,10-11,17H2,1-4H3. The van der Waals surface area contributed by atoms with Crippen molar-refractivity contribution in [2.45, 2.75) is 69.5 Å². The molecule has 7 nitrogen and oxygen atoms in total. The summed E-state index contributed by atoms with van der Waals surface area (Å²) in [5, 5.41) is 0.371. The van der Waals surface area contributed by atoms with Crippen LogP contribution in [0.15, 0.2) is 71.8 Å². The van der Waals surface area contributed by atoms with E-state index in [1.54, 1.807) is 41.3 Å². The van der Waals surface area contributed by atoms with Gasteiger partial charge in [0.2, 0.25) is 0 Å². The maximum atomic E-state index is 15.0. The van der Waals surface area contributed by atoms with Gasteiger partial charge in [0, 0.05) is 23.2 Å². The zero-order chi connectivity index (χ0) is 30.0. The Kier molecular flexibility index (Phi) is 6.72. The Morgan fingerprint density at radius 2 is 1.76 bits per heavy atom. The molecule has 2 aliphatic heterocycles. The summed E-state index contributed by atoms with van der Waals surface area (Å²) in [6, 6.07) is 13.2. The lowest BCUT2D eigenvalue weighted by atomic mass is 9.98. The minimum atomic E-state index is -4.16. The summed E-state index contributed by atoms with van der Waals surface area (Å²) in [7, 11) is -4.16. The van der Waals surface area contributed by atoms with Crippen LogP contribution in [0.3, 0.4) is 0 Å². The average Bonchev–Trinajstić information content (AvgIpc) is 3.45. The van der Waals surface area contributed by atoms with E-state index in [1.807, 2.05) is 33.8 Å².